The fraction of sp³-hybridized carbons (Fsp3) is 0.789. The molecule has 2 heterocycles. The van der Waals surface area contributed by atoms with Gasteiger partial charge in [0.25, 0.3) is 0 Å². The van der Waals surface area contributed by atoms with E-state index in [1.165, 1.54) is 57.9 Å². The van der Waals surface area contributed by atoms with Crippen molar-refractivity contribution < 1.29 is 0 Å². The molecule has 2 saturated carbocycles. The standard InChI is InChI=1S/C19H31N5/c1-2-20-18(23-13-11-19(15-23)9-5-10-19)21-14-16-8-12-24(22-16)17-6-3-4-7-17/h8,12,17H,2-7,9-11,13-15H2,1H3,(H,20,21). The average molecular weight is 329 g/mol. The molecule has 3 aliphatic rings. The number of nitrogens with one attached hydrogen (secondary N) is 1. The highest BCUT2D eigenvalue weighted by atomic mass is 15.3. The van der Waals surface area contributed by atoms with Crippen LogP contribution in [0.25, 0.3) is 0 Å². The predicted molar refractivity (Wildman–Crippen MR) is 97.0 cm³/mol. The van der Waals surface area contributed by atoms with Gasteiger partial charge in [0.05, 0.1) is 18.3 Å². The number of aromatic nitrogens is 2. The summed E-state index contributed by atoms with van der Waals surface area (Å²) in [6.45, 7) is 6.11. The van der Waals surface area contributed by atoms with E-state index < -0.39 is 0 Å². The fourth-order valence-electron chi connectivity index (χ4n) is 4.62. The summed E-state index contributed by atoms with van der Waals surface area (Å²) in [7, 11) is 0. The van der Waals surface area contributed by atoms with Crippen molar-refractivity contribution in [1.82, 2.24) is 20.0 Å². The first-order valence-corrected chi connectivity index (χ1v) is 9.85. The number of hydrogen-bond donors (Lipinski definition) is 1. The molecule has 0 atom stereocenters. The van der Waals surface area contributed by atoms with Gasteiger partial charge in [-0.25, -0.2) is 4.99 Å². The molecular weight excluding hydrogens is 298 g/mol. The Morgan fingerprint density at radius 2 is 2.12 bits per heavy atom. The second-order valence-electron chi connectivity index (χ2n) is 7.92. The van der Waals surface area contributed by atoms with Gasteiger partial charge in [-0.1, -0.05) is 19.3 Å². The lowest BCUT2D eigenvalue weighted by Gasteiger charge is -2.38. The lowest BCUT2D eigenvalue weighted by molar-refractivity contribution is 0.151. The molecule has 24 heavy (non-hydrogen) atoms. The molecule has 0 unspecified atom stereocenters. The molecule has 1 aromatic heterocycles. The van der Waals surface area contributed by atoms with E-state index >= 15 is 0 Å². The van der Waals surface area contributed by atoms with E-state index in [0.717, 1.165) is 24.7 Å². The summed E-state index contributed by atoms with van der Waals surface area (Å²) in [5, 5.41) is 8.25. The molecule has 4 rings (SSSR count). The quantitative estimate of drug-likeness (QED) is 0.681. The van der Waals surface area contributed by atoms with Crippen molar-refractivity contribution in [3.8, 4) is 0 Å². The number of aliphatic imine (C=N–C) groups is 1. The molecule has 5 nitrogen and oxygen atoms in total. The normalized spacial score (nSPS) is 23.9. The van der Waals surface area contributed by atoms with Gasteiger partial charge in [-0.3, -0.25) is 4.68 Å². The van der Waals surface area contributed by atoms with Crippen LogP contribution >= 0.6 is 0 Å². The van der Waals surface area contributed by atoms with Gasteiger partial charge in [0.15, 0.2) is 5.96 Å². The van der Waals surface area contributed by atoms with Gasteiger partial charge in [0, 0.05) is 25.8 Å². The van der Waals surface area contributed by atoms with E-state index in [-0.39, 0.29) is 0 Å². The Bertz CT molecular complexity index is 580. The Hall–Kier alpha value is -1.52. The van der Waals surface area contributed by atoms with Crippen LogP contribution in [-0.4, -0.2) is 40.3 Å². The predicted octanol–water partition coefficient (Wildman–Crippen LogP) is 3.34. The minimum Gasteiger partial charge on any atom is -0.357 e. The maximum atomic E-state index is 4.89. The molecule has 132 valence electrons. The Balaban J connectivity index is 1.40. The summed E-state index contributed by atoms with van der Waals surface area (Å²) in [5.74, 6) is 1.08. The van der Waals surface area contributed by atoms with E-state index in [2.05, 4.69) is 34.1 Å². The van der Waals surface area contributed by atoms with Crippen molar-refractivity contribution >= 4 is 5.96 Å². The summed E-state index contributed by atoms with van der Waals surface area (Å²) in [4.78, 5) is 7.35. The second kappa shape index (κ2) is 6.77. The van der Waals surface area contributed by atoms with Crippen molar-refractivity contribution in [2.75, 3.05) is 19.6 Å². The molecule has 0 aromatic carbocycles. The van der Waals surface area contributed by atoms with Crippen LogP contribution in [0.4, 0.5) is 0 Å². The average Bonchev–Trinajstić information content (AvgIpc) is 3.30. The first-order chi connectivity index (χ1) is 11.8. The minimum atomic E-state index is 0.611. The molecular formula is C19H31N5. The molecule has 0 radical (unpaired) electrons. The first kappa shape index (κ1) is 16.0. The van der Waals surface area contributed by atoms with Crippen LogP contribution in [0.2, 0.25) is 0 Å². The van der Waals surface area contributed by atoms with E-state index in [0.29, 0.717) is 18.0 Å². The summed E-state index contributed by atoms with van der Waals surface area (Å²) in [6.07, 6.45) is 13.0. The lowest BCUT2D eigenvalue weighted by Crippen LogP contribution is -2.42. The molecule has 0 amide bonds. The monoisotopic (exact) mass is 329 g/mol. The van der Waals surface area contributed by atoms with E-state index in [1.54, 1.807) is 0 Å². The highest BCUT2D eigenvalue weighted by Gasteiger charge is 2.43. The fourth-order valence-corrected chi connectivity index (χ4v) is 4.62. The van der Waals surface area contributed by atoms with E-state index in [1.807, 2.05) is 0 Å². The van der Waals surface area contributed by atoms with Crippen LogP contribution in [-0.2, 0) is 6.54 Å². The summed E-state index contributed by atoms with van der Waals surface area (Å²) in [6, 6.07) is 2.76. The molecule has 3 fully saturated rings. The number of likely N-dealkylation sites (tertiary alicyclic amines) is 1. The molecule has 1 saturated heterocycles. The Labute approximate surface area is 145 Å². The highest BCUT2D eigenvalue weighted by molar-refractivity contribution is 5.80. The van der Waals surface area contributed by atoms with Crippen molar-refractivity contribution in [1.29, 1.82) is 0 Å². The van der Waals surface area contributed by atoms with Crippen LogP contribution in [0.15, 0.2) is 17.3 Å². The van der Waals surface area contributed by atoms with Crippen molar-refractivity contribution in [3.63, 3.8) is 0 Å². The van der Waals surface area contributed by atoms with Gasteiger partial charge < -0.3 is 10.2 Å². The molecule has 1 spiro atoms. The first-order valence-electron chi connectivity index (χ1n) is 9.85. The van der Waals surface area contributed by atoms with E-state index in [4.69, 9.17) is 10.1 Å². The smallest absolute Gasteiger partial charge is 0.194 e. The largest absolute Gasteiger partial charge is 0.357 e. The highest BCUT2D eigenvalue weighted by Crippen LogP contribution is 2.47. The van der Waals surface area contributed by atoms with E-state index in [9.17, 15) is 0 Å². The van der Waals surface area contributed by atoms with Gasteiger partial charge in [-0.05, 0) is 50.5 Å². The third-order valence-corrected chi connectivity index (χ3v) is 6.24. The van der Waals surface area contributed by atoms with Crippen molar-refractivity contribution in [2.24, 2.45) is 10.4 Å². The SMILES string of the molecule is CCNC(=NCc1ccn(C2CCCC2)n1)N1CCC2(CCC2)C1. The van der Waals surface area contributed by atoms with Crippen LogP contribution < -0.4 is 5.32 Å². The van der Waals surface area contributed by atoms with Crippen molar-refractivity contribution in [3.05, 3.63) is 18.0 Å². The van der Waals surface area contributed by atoms with Gasteiger partial charge >= 0.3 is 0 Å². The zero-order valence-corrected chi connectivity index (χ0v) is 15.0. The Morgan fingerprint density at radius 3 is 2.79 bits per heavy atom. The zero-order valence-electron chi connectivity index (χ0n) is 15.0. The summed E-state index contributed by atoms with van der Waals surface area (Å²) >= 11 is 0. The Morgan fingerprint density at radius 1 is 1.29 bits per heavy atom. The molecule has 1 aromatic rings. The third kappa shape index (κ3) is 3.17. The number of guanidine groups is 1. The third-order valence-electron chi connectivity index (χ3n) is 6.24. The van der Waals surface area contributed by atoms with Gasteiger partial charge in [0.1, 0.15) is 0 Å². The summed E-state index contributed by atoms with van der Waals surface area (Å²) in [5.41, 5.74) is 1.70. The Kier molecular flexibility index (Phi) is 4.51. The van der Waals surface area contributed by atoms with Crippen molar-refractivity contribution in [2.45, 2.75) is 70.9 Å². The minimum absolute atomic E-state index is 0.611. The van der Waals surface area contributed by atoms with Crippen LogP contribution in [0.3, 0.4) is 0 Å². The maximum absolute atomic E-state index is 4.89. The second-order valence-corrected chi connectivity index (χ2v) is 7.92. The molecule has 1 N–H and O–H groups in total. The lowest BCUT2D eigenvalue weighted by atomic mass is 9.68. The van der Waals surface area contributed by atoms with Gasteiger partial charge in [-0.15, -0.1) is 0 Å². The number of hydrogen-bond acceptors (Lipinski definition) is 2. The molecule has 5 heteroatoms. The maximum Gasteiger partial charge on any atom is 0.194 e. The number of rotatable bonds is 4. The molecule has 0 bridgehead atoms. The van der Waals surface area contributed by atoms with Crippen LogP contribution in [0.1, 0.15) is 70.0 Å². The van der Waals surface area contributed by atoms with Gasteiger partial charge in [-0.2, -0.15) is 5.10 Å². The zero-order chi connectivity index (χ0) is 16.4. The van der Waals surface area contributed by atoms with Crippen LogP contribution in [0.5, 0.6) is 0 Å². The molecule has 2 aliphatic carbocycles. The summed E-state index contributed by atoms with van der Waals surface area (Å²) < 4.78 is 2.17. The molecule has 1 aliphatic heterocycles. The number of nitrogens with zero attached hydrogens (tertiary/aromatic N) is 4. The van der Waals surface area contributed by atoms with Gasteiger partial charge in [0.2, 0.25) is 0 Å². The van der Waals surface area contributed by atoms with Crippen LogP contribution in [0, 0.1) is 5.41 Å². The topological polar surface area (TPSA) is 45.5 Å².